The fourth-order valence-corrected chi connectivity index (χ4v) is 3.37. The molecule has 7 nitrogen and oxygen atoms in total. The summed E-state index contributed by atoms with van der Waals surface area (Å²) < 4.78 is 7.03. The molecule has 0 amide bonds. The molecule has 1 aliphatic carbocycles. The highest BCUT2D eigenvalue weighted by atomic mass is 127. The minimum Gasteiger partial charge on any atom is -0.466 e. The molecule has 2 rings (SSSR count). The third-order valence-corrected chi connectivity index (χ3v) is 5.00. The van der Waals surface area contributed by atoms with Crippen molar-refractivity contribution in [2.75, 3.05) is 13.7 Å². The summed E-state index contributed by atoms with van der Waals surface area (Å²) in [7, 11) is 3.74. The number of carbonyl (C=O) groups is 1. The van der Waals surface area contributed by atoms with Gasteiger partial charge in [0.25, 0.3) is 0 Å². The zero-order valence-corrected chi connectivity index (χ0v) is 18.8. The number of carbonyl (C=O) groups excluding carboxylic acids is 1. The van der Waals surface area contributed by atoms with Crippen LogP contribution in [0.5, 0.6) is 0 Å². The Morgan fingerprint density at radius 1 is 1.31 bits per heavy atom. The van der Waals surface area contributed by atoms with Crippen LogP contribution in [0.1, 0.15) is 49.6 Å². The summed E-state index contributed by atoms with van der Waals surface area (Å²) in [5.41, 5.74) is 3.41. The van der Waals surface area contributed by atoms with E-state index in [1.807, 2.05) is 25.6 Å². The van der Waals surface area contributed by atoms with Gasteiger partial charge in [-0.15, -0.1) is 24.0 Å². The van der Waals surface area contributed by atoms with E-state index in [9.17, 15) is 4.79 Å². The number of nitrogens with one attached hydrogen (secondary N) is 2. The predicted octanol–water partition coefficient (Wildman–Crippen LogP) is 2.44. The highest BCUT2D eigenvalue weighted by Gasteiger charge is 2.27. The van der Waals surface area contributed by atoms with Crippen molar-refractivity contribution in [3.63, 3.8) is 0 Å². The van der Waals surface area contributed by atoms with Crippen molar-refractivity contribution >= 4 is 35.9 Å². The minimum atomic E-state index is -0.0500. The average molecular weight is 477 g/mol. The van der Waals surface area contributed by atoms with Crippen molar-refractivity contribution in [3.8, 4) is 0 Å². The standard InChI is InChI=1S/C18H31N5O2.HI/c1-6-25-17(24)14-7-9-15(10-8-14)21-18(19-4)20-11-16-12(2)22-23(5)13(16)3;/h14-15H,6-11H2,1-5H3,(H2,19,20,21);1H. The van der Waals surface area contributed by atoms with Crippen molar-refractivity contribution in [2.45, 2.75) is 59.0 Å². The summed E-state index contributed by atoms with van der Waals surface area (Å²) in [5.74, 6) is 0.793. The molecule has 1 aromatic heterocycles. The summed E-state index contributed by atoms with van der Waals surface area (Å²) in [4.78, 5) is 16.1. The van der Waals surface area contributed by atoms with Gasteiger partial charge in [-0.25, -0.2) is 0 Å². The first kappa shape index (κ1) is 22.7. The molecule has 1 aromatic rings. The number of hydrogen-bond acceptors (Lipinski definition) is 4. The van der Waals surface area contributed by atoms with Crippen molar-refractivity contribution in [1.82, 2.24) is 20.4 Å². The zero-order valence-electron chi connectivity index (χ0n) is 16.5. The van der Waals surface area contributed by atoms with Crippen LogP contribution in [0.15, 0.2) is 4.99 Å². The van der Waals surface area contributed by atoms with Crippen LogP contribution >= 0.6 is 24.0 Å². The Balaban J connectivity index is 0.00000338. The number of halogens is 1. The first-order valence-corrected chi connectivity index (χ1v) is 9.09. The van der Waals surface area contributed by atoms with Gasteiger partial charge in [-0.1, -0.05) is 0 Å². The highest BCUT2D eigenvalue weighted by molar-refractivity contribution is 14.0. The molecule has 1 aliphatic rings. The molecule has 0 atom stereocenters. The maximum absolute atomic E-state index is 11.8. The molecule has 26 heavy (non-hydrogen) atoms. The lowest BCUT2D eigenvalue weighted by atomic mass is 9.86. The highest BCUT2D eigenvalue weighted by Crippen LogP contribution is 2.25. The van der Waals surface area contributed by atoms with Crippen LogP contribution in [-0.2, 0) is 23.1 Å². The first-order chi connectivity index (χ1) is 12.0. The Hall–Kier alpha value is -1.32. The Morgan fingerprint density at radius 2 is 1.96 bits per heavy atom. The first-order valence-electron chi connectivity index (χ1n) is 9.09. The topological polar surface area (TPSA) is 80.5 Å². The van der Waals surface area contributed by atoms with E-state index in [0.717, 1.165) is 43.0 Å². The number of hydrogen-bond donors (Lipinski definition) is 2. The van der Waals surface area contributed by atoms with Crippen molar-refractivity contribution in [3.05, 3.63) is 17.0 Å². The molecule has 0 saturated heterocycles. The van der Waals surface area contributed by atoms with Gasteiger partial charge < -0.3 is 15.4 Å². The number of ether oxygens (including phenoxy) is 1. The lowest BCUT2D eigenvalue weighted by Crippen LogP contribution is -2.45. The second-order valence-corrected chi connectivity index (χ2v) is 6.64. The van der Waals surface area contributed by atoms with Crippen LogP contribution < -0.4 is 10.6 Å². The van der Waals surface area contributed by atoms with E-state index in [1.54, 1.807) is 7.05 Å². The molecule has 1 fully saturated rings. The molecular formula is C18H32IN5O2. The number of aliphatic imine (C=N–C) groups is 1. The molecule has 1 heterocycles. The maximum atomic E-state index is 11.8. The van der Waals surface area contributed by atoms with Gasteiger partial charge in [-0.05, 0) is 46.5 Å². The lowest BCUT2D eigenvalue weighted by Gasteiger charge is -2.29. The van der Waals surface area contributed by atoms with Crippen LogP contribution in [0.2, 0.25) is 0 Å². The maximum Gasteiger partial charge on any atom is 0.308 e. The fourth-order valence-electron chi connectivity index (χ4n) is 3.37. The SMILES string of the molecule is CCOC(=O)C1CCC(NC(=NC)NCc2c(C)nn(C)c2C)CC1.I. The number of guanidine groups is 1. The monoisotopic (exact) mass is 477 g/mol. The molecule has 0 radical (unpaired) electrons. The average Bonchev–Trinajstić information content (AvgIpc) is 2.84. The van der Waals surface area contributed by atoms with Gasteiger partial charge >= 0.3 is 5.97 Å². The number of rotatable bonds is 5. The Kier molecular flexibility index (Phi) is 9.38. The van der Waals surface area contributed by atoms with Crippen LogP contribution in [0, 0.1) is 19.8 Å². The molecule has 0 aliphatic heterocycles. The largest absolute Gasteiger partial charge is 0.466 e. The van der Waals surface area contributed by atoms with E-state index in [4.69, 9.17) is 4.74 Å². The third-order valence-electron chi connectivity index (χ3n) is 5.00. The van der Waals surface area contributed by atoms with Crippen LogP contribution in [0.4, 0.5) is 0 Å². The van der Waals surface area contributed by atoms with E-state index < -0.39 is 0 Å². The fraction of sp³-hybridized carbons (Fsp3) is 0.722. The van der Waals surface area contributed by atoms with Gasteiger partial charge in [0.2, 0.25) is 0 Å². The Bertz CT molecular complexity index is 621. The van der Waals surface area contributed by atoms with Gasteiger partial charge in [0.15, 0.2) is 5.96 Å². The minimum absolute atomic E-state index is 0. The van der Waals surface area contributed by atoms with E-state index in [2.05, 4.69) is 27.6 Å². The summed E-state index contributed by atoms with van der Waals surface area (Å²) >= 11 is 0. The summed E-state index contributed by atoms with van der Waals surface area (Å²) in [6.45, 7) is 7.11. The molecule has 0 bridgehead atoms. The van der Waals surface area contributed by atoms with Crippen molar-refractivity contribution in [1.29, 1.82) is 0 Å². The van der Waals surface area contributed by atoms with E-state index >= 15 is 0 Å². The normalized spacial score (nSPS) is 20.3. The molecular weight excluding hydrogens is 445 g/mol. The number of esters is 1. The van der Waals surface area contributed by atoms with Crippen LogP contribution in [0.3, 0.4) is 0 Å². The quantitative estimate of drug-likeness (QED) is 0.295. The smallest absolute Gasteiger partial charge is 0.308 e. The molecule has 0 unspecified atom stereocenters. The van der Waals surface area contributed by atoms with E-state index in [-0.39, 0.29) is 35.9 Å². The zero-order chi connectivity index (χ0) is 18.4. The van der Waals surface area contributed by atoms with E-state index in [0.29, 0.717) is 19.2 Å². The number of aromatic nitrogens is 2. The molecule has 0 aromatic carbocycles. The Morgan fingerprint density at radius 3 is 2.46 bits per heavy atom. The van der Waals surface area contributed by atoms with E-state index in [1.165, 1.54) is 5.56 Å². The summed E-state index contributed by atoms with van der Waals surface area (Å²) in [6, 6.07) is 0.341. The molecule has 1 saturated carbocycles. The van der Waals surface area contributed by atoms with Crippen LogP contribution in [0.25, 0.3) is 0 Å². The number of aryl methyl sites for hydroxylation is 2. The van der Waals surface area contributed by atoms with Gasteiger partial charge in [-0.3, -0.25) is 14.5 Å². The van der Waals surface area contributed by atoms with Crippen molar-refractivity contribution < 1.29 is 9.53 Å². The van der Waals surface area contributed by atoms with Crippen LogP contribution in [-0.4, -0.2) is 41.4 Å². The second-order valence-electron chi connectivity index (χ2n) is 6.64. The Labute approximate surface area is 173 Å². The summed E-state index contributed by atoms with van der Waals surface area (Å²) in [5, 5.41) is 11.3. The third kappa shape index (κ3) is 5.85. The van der Waals surface area contributed by atoms with Gasteiger partial charge in [-0.2, -0.15) is 5.10 Å². The molecule has 0 spiro atoms. The lowest BCUT2D eigenvalue weighted by molar-refractivity contribution is -0.149. The number of nitrogens with zero attached hydrogens (tertiary/aromatic N) is 3. The van der Waals surface area contributed by atoms with Crippen molar-refractivity contribution in [2.24, 2.45) is 18.0 Å². The molecule has 2 N–H and O–H groups in total. The van der Waals surface area contributed by atoms with Gasteiger partial charge in [0.1, 0.15) is 0 Å². The molecule has 148 valence electrons. The predicted molar refractivity (Wildman–Crippen MR) is 114 cm³/mol. The molecule has 8 heteroatoms. The second kappa shape index (κ2) is 10.7. The van der Waals surface area contributed by atoms with Gasteiger partial charge in [0, 0.05) is 37.9 Å². The van der Waals surface area contributed by atoms with Gasteiger partial charge in [0.05, 0.1) is 18.2 Å². The summed E-state index contributed by atoms with van der Waals surface area (Å²) in [6.07, 6.45) is 3.65.